The summed E-state index contributed by atoms with van der Waals surface area (Å²) in [4.78, 5) is 0. The molecule has 2 unspecified atom stereocenters. The van der Waals surface area contributed by atoms with Gasteiger partial charge < -0.3 is 5.11 Å². The van der Waals surface area contributed by atoms with Crippen molar-refractivity contribution in [3.8, 4) is 6.07 Å². The van der Waals surface area contributed by atoms with Crippen LogP contribution in [0.3, 0.4) is 0 Å². The molecule has 2 nitrogen and oxygen atoms in total. The third-order valence-corrected chi connectivity index (χ3v) is 3.11. The number of aliphatic hydroxyl groups is 1. The number of nitriles is 1. The zero-order chi connectivity index (χ0) is 10.4. The molecule has 1 aliphatic carbocycles. The fourth-order valence-corrected chi connectivity index (χ4v) is 2.12. The highest BCUT2D eigenvalue weighted by molar-refractivity contribution is 7.98. The lowest BCUT2D eigenvalue weighted by Crippen LogP contribution is -2.36. The van der Waals surface area contributed by atoms with Crippen molar-refractivity contribution in [2.75, 3.05) is 12.0 Å². The minimum atomic E-state index is -0.812. The van der Waals surface area contributed by atoms with Crippen molar-refractivity contribution in [1.29, 1.82) is 5.26 Å². The minimum absolute atomic E-state index is 0.0513. The molecule has 0 aliphatic heterocycles. The van der Waals surface area contributed by atoms with Crippen molar-refractivity contribution in [1.82, 2.24) is 0 Å². The van der Waals surface area contributed by atoms with Gasteiger partial charge in [-0.05, 0) is 18.4 Å². The van der Waals surface area contributed by atoms with Gasteiger partial charge in [-0.15, -0.1) is 0 Å². The number of allylic oxidation sites excluding steroid dienone is 2. The van der Waals surface area contributed by atoms with Crippen LogP contribution in [0.2, 0.25) is 0 Å². The molecule has 0 heterocycles. The van der Waals surface area contributed by atoms with Gasteiger partial charge >= 0.3 is 0 Å². The number of thioether (sulfide) groups is 1. The van der Waals surface area contributed by atoms with Crippen molar-refractivity contribution in [2.24, 2.45) is 5.92 Å². The van der Waals surface area contributed by atoms with E-state index in [2.05, 4.69) is 6.07 Å². The van der Waals surface area contributed by atoms with E-state index in [0.717, 1.165) is 5.75 Å². The van der Waals surface area contributed by atoms with Crippen LogP contribution in [0.1, 0.15) is 12.8 Å². The van der Waals surface area contributed by atoms with Crippen LogP contribution in [0, 0.1) is 17.2 Å². The largest absolute Gasteiger partial charge is 0.385 e. The molecule has 0 spiro atoms. The maximum atomic E-state index is 10.3. The second-order valence-electron chi connectivity index (χ2n) is 3.45. The lowest BCUT2D eigenvalue weighted by atomic mass is 9.80. The maximum Gasteiger partial charge on any atom is 0.0910 e. The molecular formula is C11H15NOS. The normalized spacial score (nSPS) is 30.2. The van der Waals surface area contributed by atoms with Crippen LogP contribution in [0.4, 0.5) is 0 Å². The summed E-state index contributed by atoms with van der Waals surface area (Å²) in [5, 5.41) is 18.9. The van der Waals surface area contributed by atoms with E-state index in [1.165, 1.54) is 0 Å². The Morgan fingerprint density at radius 1 is 1.57 bits per heavy atom. The first-order valence-corrected chi connectivity index (χ1v) is 6.06. The van der Waals surface area contributed by atoms with E-state index in [1.807, 2.05) is 30.6 Å². The third kappa shape index (κ3) is 2.63. The first-order chi connectivity index (χ1) is 6.73. The molecule has 76 valence electrons. The van der Waals surface area contributed by atoms with Crippen molar-refractivity contribution >= 4 is 11.8 Å². The Morgan fingerprint density at radius 3 is 3.00 bits per heavy atom. The Kier molecular flexibility index (Phi) is 4.24. The van der Waals surface area contributed by atoms with Crippen molar-refractivity contribution in [2.45, 2.75) is 18.4 Å². The molecule has 0 saturated heterocycles. The Hall–Kier alpha value is -0.720. The van der Waals surface area contributed by atoms with E-state index in [1.54, 1.807) is 11.8 Å². The van der Waals surface area contributed by atoms with Crippen LogP contribution >= 0.6 is 11.8 Å². The molecule has 14 heavy (non-hydrogen) atoms. The summed E-state index contributed by atoms with van der Waals surface area (Å²) >= 11 is 1.71. The van der Waals surface area contributed by atoms with Gasteiger partial charge in [-0.25, -0.2) is 0 Å². The van der Waals surface area contributed by atoms with Crippen LogP contribution in [-0.4, -0.2) is 22.7 Å². The average molecular weight is 209 g/mol. The summed E-state index contributed by atoms with van der Waals surface area (Å²) in [6.45, 7) is 0. The van der Waals surface area contributed by atoms with E-state index in [0.29, 0.717) is 12.8 Å². The first-order valence-electron chi connectivity index (χ1n) is 4.67. The van der Waals surface area contributed by atoms with Crippen LogP contribution < -0.4 is 0 Å². The highest BCUT2D eigenvalue weighted by Crippen LogP contribution is 2.31. The van der Waals surface area contributed by atoms with Crippen molar-refractivity contribution in [3.63, 3.8) is 0 Å². The molecule has 0 radical (unpaired) electrons. The monoisotopic (exact) mass is 209 g/mol. The molecule has 0 aromatic rings. The molecule has 0 aromatic heterocycles. The van der Waals surface area contributed by atoms with Gasteiger partial charge in [0, 0.05) is 12.3 Å². The van der Waals surface area contributed by atoms with E-state index >= 15 is 0 Å². The quantitative estimate of drug-likeness (QED) is 0.771. The standard InChI is InChI=1S/C11H15NOS/c1-14-9-7-11(13)6-3-2-4-10(11)5-8-12/h2-4,6,10,13H,5,7,9H2,1H3. The number of hydrogen-bond donors (Lipinski definition) is 1. The second-order valence-corrected chi connectivity index (χ2v) is 4.43. The molecule has 0 amide bonds. The fourth-order valence-electron chi connectivity index (χ4n) is 1.59. The van der Waals surface area contributed by atoms with Crippen LogP contribution in [-0.2, 0) is 0 Å². The molecule has 0 aromatic carbocycles. The Morgan fingerprint density at radius 2 is 2.36 bits per heavy atom. The number of rotatable bonds is 4. The molecule has 1 aliphatic rings. The van der Waals surface area contributed by atoms with Gasteiger partial charge in [0.25, 0.3) is 0 Å². The van der Waals surface area contributed by atoms with Gasteiger partial charge in [0.05, 0.1) is 11.7 Å². The van der Waals surface area contributed by atoms with Crippen LogP contribution in [0.5, 0.6) is 0 Å². The lowest BCUT2D eigenvalue weighted by molar-refractivity contribution is 0.0453. The van der Waals surface area contributed by atoms with Gasteiger partial charge in [-0.1, -0.05) is 24.3 Å². The fraction of sp³-hybridized carbons (Fsp3) is 0.545. The molecule has 2 atom stereocenters. The maximum absolute atomic E-state index is 10.3. The van der Waals surface area contributed by atoms with Gasteiger partial charge in [0.1, 0.15) is 0 Å². The first kappa shape index (κ1) is 11.4. The van der Waals surface area contributed by atoms with E-state index in [9.17, 15) is 5.11 Å². The molecule has 3 heteroatoms. The van der Waals surface area contributed by atoms with E-state index in [4.69, 9.17) is 5.26 Å². The smallest absolute Gasteiger partial charge is 0.0910 e. The summed E-state index contributed by atoms with van der Waals surface area (Å²) in [6.07, 6.45) is 10.6. The Labute approximate surface area is 89.3 Å². The van der Waals surface area contributed by atoms with Gasteiger partial charge in [-0.3, -0.25) is 0 Å². The number of hydrogen-bond acceptors (Lipinski definition) is 3. The van der Waals surface area contributed by atoms with Gasteiger partial charge in [0.15, 0.2) is 0 Å². The molecule has 1 rings (SSSR count). The van der Waals surface area contributed by atoms with E-state index in [-0.39, 0.29) is 5.92 Å². The second kappa shape index (κ2) is 5.23. The van der Waals surface area contributed by atoms with Crippen molar-refractivity contribution in [3.05, 3.63) is 24.3 Å². The average Bonchev–Trinajstić information content (AvgIpc) is 2.19. The highest BCUT2D eigenvalue weighted by atomic mass is 32.2. The number of nitrogens with zero attached hydrogens (tertiary/aromatic N) is 1. The molecular weight excluding hydrogens is 194 g/mol. The SMILES string of the molecule is CSCCC1(O)C=CC=CC1CC#N. The molecule has 0 fully saturated rings. The summed E-state index contributed by atoms with van der Waals surface area (Å²) in [5.74, 6) is 0.862. The predicted molar refractivity (Wildman–Crippen MR) is 59.9 cm³/mol. The molecule has 0 saturated carbocycles. The minimum Gasteiger partial charge on any atom is -0.385 e. The Bertz CT molecular complexity index is 280. The summed E-state index contributed by atoms with van der Waals surface area (Å²) in [6, 6.07) is 2.12. The zero-order valence-electron chi connectivity index (χ0n) is 8.31. The van der Waals surface area contributed by atoms with Crippen LogP contribution in [0.25, 0.3) is 0 Å². The molecule has 0 bridgehead atoms. The summed E-state index contributed by atoms with van der Waals surface area (Å²) < 4.78 is 0. The predicted octanol–water partition coefficient (Wildman–Crippen LogP) is 2.13. The van der Waals surface area contributed by atoms with Crippen molar-refractivity contribution < 1.29 is 5.11 Å². The lowest BCUT2D eigenvalue weighted by Gasteiger charge is -2.32. The zero-order valence-corrected chi connectivity index (χ0v) is 9.13. The van der Waals surface area contributed by atoms with Gasteiger partial charge in [0.2, 0.25) is 0 Å². The van der Waals surface area contributed by atoms with Gasteiger partial charge in [-0.2, -0.15) is 17.0 Å². The Balaban J connectivity index is 2.67. The summed E-state index contributed by atoms with van der Waals surface area (Å²) in [5.41, 5.74) is -0.812. The summed E-state index contributed by atoms with van der Waals surface area (Å²) in [7, 11) is 0. The topological polar surface area (TPSA) is 44.0 Å². The van der Waals surface area contributed by atoms with E-state index < -0.39 is 5.60 Å². The third-order valence-electron chi connectivity index (χ3n) is 2.50. The van der Waals surface area contributed by atoms with Crippen LogP contribution in [0.15, 0.2) is 24.3 Å². The molecule has 1 N–H and O–H groups in total. The highest BCUT2D eigenvalue weighted by Gasteiger charge is 2.32.